The van der Waals surface area contributed by atoms with Gasteiger partial charge in [0.2, 0.25) is 0 Å². The van der Waals surface area contributed by atoms with Gasteiger partial charge in [-0.15, -0.1) is 0 Å². The van der Waals surface area contributed by atoms with E-state index in [9.17, 15) is 4.39 Å². The van der Waals surface area contributed by atoms with Gasteiger partial charge in [-0.3, -0.25) is 0 Å². The normalized spacial score (nSPS) is 24.1. The summed E-state index contributed by atoms with van der Waals surface area (Å²) in [4.78, 5) is 0. The van der Waals surface area contributed by atoms with Crippen LogP contribution in [0.25, 0.3) is 0 Å². The van der Waals surface area contributed by atoms with E-state index in [-0.39, 0.29) is 5.82 Å². The SMILES string of the molecule is CCCNCC1CCCCC1c1cccc(F)c1. The molecule has 1 aromatic carbocycles. The van der Waals surface area contributed by atoms with Gasteiger partial charge in [-0.25, -0.2) is 4.39 Å². The van der Waals surface area contributed by atoms with Crippen molar-refractivity contribution in [1.82, 2.24) is 5.32 Å². The molecule has 2 heteroatoms. The van der Waals surface area contributed by atoms with Crippen molar-refractivity contribution in [2.45, 2.75) is 44.9 Å². The average molecular weight is 249 g/mol. The summed E-state index contributed by atoms with van der Waals surface area (Å²) >= 11 is 0. The molecule has 1 fully saturated rings. The Kier molecular flexibility index (Phi) is 5.18. The maximum absolute atomic E-state index is 13.3. The van der Waals surface area contributed by atoms with Crippen LogP contribution in [0, 0.1) is 11.7 Å². The van der Waals surface area contributed by atoms with Crippen molar-refractivity contribution in [2.24, 2.45) is 5.92 Å². The summed E-state index contributed by atoms with van der Waals surface area (Å²) in [5.41, 5.74) is 1.19. The van der Waals surface area contributed by atoms with E-state index >= 15 is 0 Å². The molecule has 0 heterocycles. The van der Waals surface area contributed by atoms with Crippen molar-refractivity contribution in [3.05, 3.63) is 35.6 Å². The predicted molar refractivity (Wildman–Crippen MR) is 74.3 cm³/mol. The molecule has 0 saturated heterocycles. The zero-order valence-electron chi connectivity index (χ0n) is 11.3. The van der Waals surface area contributed by atoms with E-state index in [4.69, 9.17) is 0 Å². The molecule has 2 rings (SSSR count). The van der Waals surface area contributed by atoms with Crippen LogP contribution in [-0.4, -0.2) is 13.1 Å². The fraction of sp³-hybridized carbons (Fsp3) is 0.625. The summed E-state index contributed by atoms with van der Waals surface area (Å²) < 4.78 is 13.3. The molecule has 1 saturated carbocycles. The lowest BCUT2D eigenvalue weighted by molar-refractivity contribution is 0.295. The van der Waals surface area contributed by atoms with E-state index in [1.165, 1.54) is 43.7 Å². The number of hydrogen-bond acceptors (Lipinski definition) is 1. The molecule has 0 spiro atoms. The highest BCUT2D eigenvalue weighted by Gasteiger charge is 2.26. The first-order valence-electron chi connectivity index (χ1n) is 7.27. The topological polar surface area (TPSA) is 12.0 Å². The first-order chi connectivity index (χ1) is 8.81. The summed E-state index contributed by atoms with van der Waals surface area (Å²) in [6.07, 6.45) is 6.27. The monoisotopic (exact) mass is 249 g/mol. The van der Waals surface area contributed by atoms with E-state index in [0.29, 0.717) is 11.8 Å². The van der Waals surface area contributed by atoms with E-state index in [2.05, 4.69) is 18.3 Å². The summed E-state index contributed by atoms with van der Waals surface area (Å²) in [5, 5.41) is 3.53. The van der Waals surface area contributed by atoms with Gasteiger partial charge in [0.15, 0.2) is 0 Å². The highest BCUT2D eigenvalue weighted by atomic mass is 19.1. The van der Waals surface area contributed by atoms with Gasteiger partial charge in [0.25, 0.3) is 0 Å². The standard InChI is InChI=1S/C16H24FN/c1-2-10-18-12-14-6-3-4-9-16(14)13-7-5-8-15(17)11-13/h5,7-8,11,14,16,18H,2-4,6,9-10,12H2,1H3. The minimum absolute atomic E-state index is 0.0988. The smallest absolute Gasteiger partial charge is 0.123 e. The van der Waals surface area contributed by atoms with Crippen LogP contribution in [0.2, 0.25) is 0 Å². The number of benzene rings is 1. The minimum Gasteiger partial charge on any atom is -0.316 e. The van der Waals surface area contributed by atoms with Crippen molar-refractivity contribution in [3.8, 4) is 0 Å². The third kappa shape index (κ3) is 3.55. The Morgan fingerprint density at radius 2 is 2.11 bits per heavy atom. The predicted octanol–water partition coefficient (Wildman–Crippen LogP) is 4.10. The van der Waals surface area contributed by atoms with Crippen LogP contribution in [0.4, 0.5) is 4.39 Å². The zero-order valence-corrected chi connectivity index (χ0v) is 11.3. The molecule has 1 aliphatic carbocycles. The second kappa shape index (κ2) is 6.89. The number of nitrogens with one attached hydrogen (secondary N) is 1. The lowest BCUT2D eigenvalue weighted by Crippen LogP contribution is -2.30. The maximum atomic E-state index is 13.3. The summed E-state index contributed by atoms with van der Waals surface area (Å²) in [5.74, 6) is 1.12. The second-order valence-corrected chi connectivity index (χ2v) is 5.41. The van der Waals surface area contributed by atoms with Gasteiger partial charge in [0.1, 0.15) is 5.82 Å². The van der Waals surface area contributed by atoms with Gasteiger partial charge in [-0.05, 0) is 61.9 Å². The summed E-state index contributed by atoms with van der Waals surface area (Å²) in [7, 11) is 0. The quantitative estimate of drug-likeness (QED) is 0.775. The molecular formula is C16H24FN. The molecule has 1 aliphatic rings. The average Bonchev–Trinajstić information content (AvgIpc) is 2.40. The van der Waals surface area contributed by atoms with Crippen LogP contribution < -0.4 is 5.32 Å². The highest BCUT2D eigenvalue weighted by molar-refractivity contribution is 5.22. The Morgan fingerprint density at radius 1 is 1.28 bits per heavy atom. The molecule has 1 N–H and O–H groups in total. The Hall–Kier alpha value is -0.890. The highest BCUT2D eigenvalue weighted by Crippen LogP contribution is 2.37. The van der Waals surface area contributed by atoms with Crippen LogP contribution in [0.15, 0.2) is 24.3 Å². The van der Waals surface area contributed by atoms with Crippen molar-refractivity contribution >= 4 is 0 Å². The molecular weight excluding hydrogens is 225 g/mol. The van der Waals surface area contributed by atoms with Crippen LogP contribution in [0.5, 0.6) is 0 Å². The molecule has 2 atom stereocenters. The molecule has 1 nitrogen and oxygen atoms in total. The van der Waals surface area contributed by atoms with Crippen molar-refractivity contribution in [2.75, 3.05) is 13.1 Å². The Morgan fingerprint density at radius 3 is 2.89 bits per heavy atom. The first-order valence-corrected chi connectivity index (χ1v) is 7.27. The Balaban J connectivity index is 2.03. The van der Waals surface area contributed by atoms with Gasteiger partial charge in [0, 0.05) is 0 Å². The Labute approximate surface area is 110 Å². The third-order valence-corrected chi connectivity index (χ3v) is 4.02. The summed E-state index contributed by atoms with van der Waals surface area (Å²) in [6.45, 7) is 4.36. The Bertz CT molecular complexity index is 364. The lowest BCUT2D eigenvalue weighted by atomic mass is 9.75. The molecule has 0 aliphatic heterocycles. The van der Waals surface area contributed by atoms with Gasteiger partial charge in [-0.1, -0.05) is 31.9 Å². The fourth-order valence-electron chi connectivity index (χ4n) is 3.09. The van der Waals surface area contributed by atoms with E-state index in [1.807, 2.05) is 6.07 Å². The van der Waals surface area contributed by atoms with Crippen LogP contribution in [0.3, 0.4) is 0 Å². The maximum Gasteiger partial charge on any atom is 0.123 e. The van der Waals surface area contributed by atoms with Gasteiger partial charge in [-0.2, -0.15) is 0 Å². The van der Waals surface area contributed by atoms with E-state index in [1.54, 1.807) is 6.07 Å². The van der Waals surface area contributed by atoms with Crippen LogP contribution in [0.1, 0.15) is 50.5 Å². The van der Waals surface area contributed by atoms with Gasteiger partial charge < -0.3 is 5.32 Å². The zero-order chi connectivity index (χ0) is 12.8. The first kappa shape index (κ1) is 13.5. The lowest BCUT2D eigenvalue weighted by Gasteiger charge is -2.32. The van der Waals surface area contributed by atoms with Crippen molar-refractivity contribution < 1.29 is 4.39 Å². The summed E-state index contributed by atoms with van der Waals surface area (Å²) in [6, 6.07) is 7.20. The van der Waals surface area contributed by atoms with Crippen molar-refractivity contribution in [3.63, 3.8) is 0 Å². The van der Waals surface area contributed by atoms with Crippen LogP contribution in [-0.2, 0) is 0 Å². The van der Waals surface area contributed by atoms with E-state index in [0.717, 1.165) is 13.1 Å². The third-order valence-electron chi connectivity index (χ3n) is 4.02. The van der Waals surface area contributed by atoms with Gasteiger partial charge in [0.05, 0.1) is 0 Å². The molecule has 0 bridgehead atoms. The molecule has 0 aromatic heterocycles. The number of hydrogen-bond donors (Lipinski definition) is 1. The molecule has 0 radical (unpaired) electrons. The molecule has 100 valence electrons. The van der Waals surface area contributed by atoms with Crippen LogP contribution >= 0.6 is 0 Å². The largest absolute Gasteiger partial charge is 0.316 e. The second-order valence-electron chi connectivity index (χ2n) is 5.41. The number of rotatable bonds is 5. The van der Waals surface area contributed by atoms with Gasteiger partial charge >= 0.3 is 0 Å². The number of halogens is 1. The minimum atomic E-state index is -0.0988. The van der Waals surface area contributed by atoms with Crippen molar-refractivity contribution in [1.29, 1.82) is 0 Å². The molecule has 2 unspecified atom stereocenters. The molecule has 0 amide bonds. The molecule has 18 heavy (non-hydrogen) atoms. The fourth-order valence-corrected chi connectivity index (χ4v) is 3.09. The molecule has 1 aromatic rings. The van der Waals surface area contributed by atoms with E-state index < -0.39 is 0 Å².